The highest BCUT2D eigenvalue weighted by molar-refractivity contribution is 5.89. The molecule has 7 nitrogen and oxygen atoms in total. The number of piperazine rings is 1. The van der Waals surface area contributed by atoms with Crippen LogP contribution in [0.15, 0.2) is 48.7 Å². The molecule has 3 aromatic rings. The van der Waals surface area contributed by atoms with Crippen molar-refractivity contribution in [2.75, 3.05) is 36.4 Å². The van der Waals surface area contributed by atoms with Gasteiger partial charge in [0.2, 0.25) is 0 Å². The predicted octanol–water partition coefficient (Wildman–Crippen LogP) is 4.26. The van der Waals surface area contributed by atoms with Crippen LogP contribution in [0.1, 0.15) is 17.0 Å². The van der Waals surface area contributed by atoms with Gasteiger partial charge in [0, 0.05) is 38.1 Å². The van der Waals surface area contributed by atoms with Crippen LogP contribution < -0.4 is 10.2 Å². The molecule has 2 aromatic heterocycles. The second kappa shape index (κ2) is 8.52. The molecule has 32 heavy (non-hydrogen) atoms. The summed E-state index contributed by atoms with van der Waals surface area (Å²) in [4.78, 5) is 20.7. The number of alkyl halides is 3. The van der Waals surface area contributed by atoms with Gasteiger partial charge in [-0.15, -0.1) is 0 Å². The summed E-state index contributed by atoms with van der Waals surface area (Å²) >= 11 is 0. The Morgan fingerprint density at radius 3 is 2.44 bits per heavy atom. The first-order valence-electron chi connectivity index (χ1n) is 10.2. The Morgan fingerprint density at radius 1 is 1.03 bits per heavy atom. The third kappa shape index (κ3) is 4.39. The summed E-state index contributed by atoms with van der Waals surface area (Å²) in [5, 5.41) is 7.19. The molecule has 0 bridgehead atoms. The number of urea groups is 1. The zero-order chi connectivity index (χ0) is 22.9. The third-order valence-corrected chi connectivity index (χ3v) is 5.44. The number of pyridine rings is 1. The van der Waals surface area contributed by atoms with Gasteiger partial charge in [0.25, 0.3) is 0 Å². The minimum Gasteiger partial charge on any atom is -0.365 e. The number of anilines is 2. The van der Waals surface area contributed by atoms with E-state index >= 15 is 0 Å². The maximum Gasteiger partial charge on any atom is 0.416 e. The average Bonchev–Trinajstić information content (AvgIpc) is 3.08. The summed E-state index contributed by atoms with van der Waals surface area (Å²) in [6.07, 6.45) is -2.74. The normalized spacial score (nSPS) is 14.5. The lowest BCUT2D eigenvalue weighted by atomic mass is 10.2. The lowest BCUT2D eigenvalue weighted by Crippen LogP contribution is -2.50. The van der Waals surface area contributed by atoms with Gasteiger partial charge in [0.1, 0.15) is 0 Å². The molecular formula is C22H23F3N6O. The molecule has 4 rings (SSSR count). The first-order valence-corrected chi connectivity index (χ1v) is 10.2. The van der Waals surface area contributed by atoms with Crippen molar-refractivity contribution in [3.63, 3.8) is 0 Å². The van der Waals surface area contributed by atoms with Crippen molar-refractivity contribution in [2.45, 2.75) is 20.0 Å². The quantitative estimate of drug-likeness (QED) is 0.656. The first kappa shape index (κ1) is 21.7. The zero-order valence-corrected chi connectivity index (χ0v) is 17.7. The molecule has 0 unspecified atom stereocenters. The van der Waals surface area contributed by atoms with E-state index in [1.165, 1.54) is 12.1 Å². The number of amides is 2. The number of nitrogens with one attached hydrogen (secondary N) is 1. The van der Waals surface area contributed by atoms with Gasteiger partial charge in [-0.3, -0.25) is 0 Å². The number of carbonyl (C=O) groups is 1. The third-order valence-electron chi connectivity index (χ3n) is 5.44. The van der Waals surface area contributed by atoms with Gasteiger partial charge in [-0.05, 0) is 44.2 Å². The highest BCUT2D eigenvalue weighted by atomic mass is 19.4. The Balaban J connectivity index is 1.42. The van der Waals surface area contributed by atoms with E-state index in [9.17, 15) is 18.0 Å². The van der Waals surface area contributed by atoms with Gasteiger partial charge in [0.05, 0.1) is 22.6 Å². The Hall–Kier alpha value is -3.56. The molecule has 0 atom stereocenters. The minimum absolute atomic E-state index is 0.121. The number of hydrogen-bond donors (Lipinski definition) is 1. The summed E-state index contributed by atoms with van der Waals surface area (Å²) in [5.74, 6) is 0.735. The van der Waals surface area contributed by atoms with Gasteiger partial charge in [-0.2, -0.15) is 18.3 Å². The van der Waals surface area contributed by atoms with E-state index in [4.69, 9.17) is 0 Å². The number of halogens is 3. The molecule has 1 N–H and O–H groups in total. The molecule has 0 saturated carbocycles. The van der Waals surface area contributed by atoms with E-state index in [-0.39, 0.29) is 5.69 Å². The van der Waals surface area contributed by atoms with Crippen LogP contribution in [0.2, 0.25) is 0 Å². The molecule has 0 spiro atoms. The molecule has 10 heteroatoms. The van der Waals surface area contributed by atoms with Gasteiger partial charge in [-0.1, -0.05) is 12.1 Å². The van der Waals surface area contributed by atoms with E-state index in [1.807, 2.05) is 32.0 Å². The number of nitrogens with zero attached hydrogens (tertiary/aromatic N) is 5. The van der Waals surface area contributed by atoms with Gasteiger partial charge < -0.3 is 15.1 Å². The van der Waals surface area contributed by atoms with Crippen LogP contribution in [0.4, 0.5) is 29.3 Å². The smallest absolute Gasteiger partial charge is 0.365 e. The number of aryl methyl sites for hydroxylation is 1. The van der Waals surface area contributed by atoms with Crippen molar-refractivity contribution >= 4 is 17.4 Å². The van der Waals surface area contributed by atoms with Crippen LogP contribution in [0, 0.1) is 13.8 Å². The highest BCUT2D eigenvalue weighted by Crippen LogP contribution is 2.31. The molecule has 168 valence electrons. The van der Waals surface area contributed by atoms with Gasteiger partial charge >= 0.3 is 12.2 Å². The van der Waals surface area contributed by atoms with Crippen LogP contribution in [0.25, 0.3) is 5.82 Å². The number of rotatable bonds is 3. The molecule has 2 amide bonds. The van der Waals surface area contributed by atoms with Crippen molar-refractivity contribution in [3.05, 3.63) is 65.6 Å². The molecule has 0 aliphatic carbocycles. The SMILES string of the molecule is Cc1nn(-c2ccccn2)c(C)c1N1CCN(C(=O)Nc2cccc(C(F)(F)F)c2)CC1. The molecule has 1 saturated heterocycles. The molecule has 1 aliphatic heterocycles. The number of benzene rings is 1. The lowest BCUT2D eigenvalue weighted by molar-refractivity contribution is -0.137. The fourth-order valence-electron chi connectivity index (χ4n) is 3.90. The zero-order valence-electron chi connectivity index (χ0n) is 17.7. The predicted molar refractivity (Wildman–Crippen MR) is 115 cm³/mol. The number of hydrogen-bond acceptors (Lipinski definition) is 4. The van der Waals surface area contributed by atoms with E-state index in [2.05, 4.69) is 20.3 Å². The largest absolute Gasteiger partial charge is 0.416 e. The van der Waals surface area contributed by atoms with Crippen LogP contribution in [0.3, 0.4) is 0 Å². The van der Waals surface area contributed by atoms with Crippen LogP contribution >= 0.6 is 0 Å². The fourth-order valence-corrected chi connectivity index (χ4v) is 3.90. The summed E-state index contributed by atoms with van der Waals surface area (Å²) in [5.41, 5.74) is 2.17. The number of carbonyl (C=O) groups excluding carboxylic acids is 1. The molecule has 1 aromatic carbocycles. The maximum atomic E-state index is 12.9. The molecule has 1 aliphatic rings. The Kier molecular flexibility index (Phi) is 5.77. The van der Waals surface area contributed by atoms with Crippen molar-refractivity contribution in [3.8, 4) is 5.82 Å². The van der Waals surface area contributed by atoms with Gasteiger partial charge in [-0.25, -0.2) is 14.5 Å². The maximum absolute atomic E-state index is 12.9. The number of aromatic nitrogens is 3. The second-order valence-electron chi connectivity index (χ2n) is 7.60. The molecule has 0 radical (unpaired) electrons. The minimum atomic E-state index is -4.46. The molecular weight excluding hydrogens is 421 g/mol. The van der Waals surface area contributed by atoms with Crippen molar-refractivity contribution < 1.29 is 18.0 Å². The Bertz CT molecular complexity index is 1100. The fraction of sp³-hybridized carbons (Fsp3) is 0.318. The Morgan fingerprint density at radius 2 is 1.78 bits per heavy atom. The molecule has 1 fully saturated rings. The van der Waals surface area contributed by atoms with Crippen LogP contribution in [0.5, 0.6) is 0 Å². The van der Waals surface area contributed by atoms with Crippen LogP contribution in [-0.4, -0.2) is 51.9 Å². The highest BCUT2D eigenvalue weighted by Gasteiger charge is 2.31. The lowest BCUT2D eigenvalue weighted by Gasteiger charge is -2.36. The topological polar surface area (TPSA) is 66.3 Å². The Labute approximate surface area is 183 Å². The first-order chi connectivity index (χ1) is 15.2. The summed E-state index contributed by atoms with van der Waals surface area (Å²) in [7, 11) is 0. The van der Waals surface area contributed by atoms with E-state index < -0.39 is 17.8 Å². The van der Waals surface area contributed by atoms with E-state index in [0.717, 1.165) is 35.0 Å². The summed E-state index contributed by atoms with van der Waals surface area (Å²) in [6.45, 7) is 5.99. The summed E-state index contributed by atoms with van der Waals surface area (Å²) < 4.78 is 40.5. The van der Waals surface area contributed by atoms with Crippen molar-refractivity contribution in [1.82, 2.24) is 19.7 Å². The van der Waals surface area contributed by atoms with E-state index in [1.54, 1.807) is 15.8 Å². The monoisotopic (exact) mass is 444 g/mol. The van der Waals surface area contributed by atoms with Crippen LogP contribution in [-0.2, 0) is 6.18 Å². The second-order valence-corrected chi connectivity index (χ2v) is 7.60. The van der Waals surface area contributed by atoms with Gasteiger partial charge in [0.15, 0.2) is 5.82 Å². The standard InChI is InChI=1S/C22H23F3N6O/c1-15-20(16(2)31(28-15)19-8-3-4-9-26-19)29-10-12-30(13-11-29)21(32)27-18-7-5-6-17(14-18)22(23,24)25/h3-9,14H,10-13H2,1-2H3,(H,27,32). The average molecular weight is 444 g/mol. The van der Waals surface area contributed by atoms with Crippen molar-refractivity contribution in [1.29, 1.82) is 0 Å². The van der Waals surface area contributed by atoms with Crippen molar-refractivity contribution in [2.24, 2.45) is 0 Å². The molecule has 3 heterocycles. The summed E-state index contributed by atoms with van der Waals surface area (Å²) in [6, 6.07) is 9.86. The van der Waals surface area contributed by atoms with E-state index in [0.29, 0.717) is 26.2 Å².